The van der Waals surface area contributed by atoms with Gasteiger partial charge in [0.1, 0.15) is 0 Å². The summed E-state index contributed by atoms with van der Waals surface area (Å²) in [5, 5.41) is 0. The summed E-state index contributed by atoms with van der Waals surface area (Å²) < 4.78 is 31.9. The van der Waals surface area contributed by atoms with Gasteiger partial charge in [-0.2, -0.15) is 0 Å². The van der Waals surface area contributed by atoms with Crippen molar-refractivity contribution in [2.24, 2.45) is 0 Å². The molecule has 0 amide bonds. The van der Waals surface area contributed by atoms with Gasteiger partial charge in [-0.3, -0.25) is 0 Å². The summed E-state index contributed by atoms with van der Waals surface area (Å²) in [5.74, 6) is 2.20. The molecule has 0 radical (unpaired) electrons. The summed E-state index contributed by atoms with van der Waals surface area (Å²) >= 11 is 0. The maximum Gasteiger partial charge on any atom is 0.330 e. The highest BCUT2D eigenvalue weighted by molar-refractivity contribution is 5.88. The molecular weight excluding hydrogens is 793 g/mol. The van der Waals surface area contributed by atoms with E-state index in [1.807, 2.05) is 6.07 Å². The van der Waals surface area contributed by atoms with Gasteiger partial charge < -0.3 is 23.7 Å². The van der Waals surface area contributed by atoms with Gasteiger partial charge in [0.05, 0.1) is 33.5 Å². The summed E-state index contributed by atoms with van der Waals surface area (Å²) in [6.07, 6.45) is 54.2. The Balaban J connectivity index is 3.20. The highest BCUT2D eigenvalue weighted by Crippen LogP contribution is 2.48. The van der Waals surface area contributed by atoms with Gasteiger partial charge in [0.25, 0.3) is 0 Å². The minimum absolute atomic E-state index is 0.400. The van der Waals surface area contributed by atoms with E-state index < -0.39 is 5.97 Å². The van der Waals surface area contributed by atoms with Crippen molar-refractivity contribution < 1.29 is 28.5 Å². The molecular formula is C58H106O6. The molecule has 0 aliphatic heterocycles. The number of carbonyl (C=O) groups is 1. The SMILES string of the molecule is CCCCCCCCCCCCOc1cc(C=CC(=O)OC)c(OCCCCCCCCCCCC)c(OCCCCCCCCCCCC)c1OCCCCCCCCCCCC. The van der Waals surface area contributed by atoms with E-state index in [2.05, 4.69) is 27.7 Å². The quantitative estimate of drug-likeness (QED) is 0.0369. The number of esters is 1. The predicted octanol–water partition coefficient (Wildman–Crippen LogP) is 19.1. The molecule has 0 aliphatic carbocycles. The Hall–Kier alpha value is -2.37. The van der Waals surface area contributed by atoms with Crippen LogP contribution in [0.25, 0.3) is 6.08 Å². The fourth-order valence-corrected chi connectivity index (χ4v) is 8.55. The number of unbranched alkanes of at least 4 members (excludes halogenated alkanes) is 36. The monoisotopic (exact) mass is 899 g/mol. The summed E-state index contributed by atoms with van der Waals surface area (Å²) in [6.45, 7) is 11.5. The maximum absolute atomic E-state index is 12.5. The molecule has 6 nitrogen and oxygen atoms in total. The van der Waals surface area contributed by atoms with E-state index in [9.17, 15) is 4.79 Å². The third kappa shape index (κ3) is 34.9. The minimum atomic E-state index is -0.400. The largest absolute Gasteiger partial charge is 0.490 e. The fourth-order valence-electron chi connectivity index (χ4n) is 8.55. The molecule has 0 aliphatic rings. The predicted molar refractivity (Wildman–Crippen MR) is 277 cm³/mol. The van der Waals surface area contributed by atoms with Gasteiger partial charge >= 0.3 is 5.97 Å². The average molecular weight is 899 g/mol. The topological polar surface area (TPSA) is 63.2 Å². The highest BCUT2D eigenvalue weighted by atomic mass is 16.6. The van der Waals surface area contributed by atoms with Crippen LogP contribution in [0.15, 0.2) is 12.1 Å². The van der Waals surface area contributed by atoms with Crippen molar-refractivity contribution in [3.63, 3.8) is 0 Å². The molecule has 0 fully saturated rings. The Bertz CT molecular complexity index is 1180. The van der Waals surface area contributed by atoms with Crippen molar-refractivity contribution in [2.75, 3.05) is 33.5 Å². The molecule has 1 aromatic rings. The molecule has 6 heteroatoms. The van der Waals surface area contributed by atoms with Crippen LogP contribution in [0.5, 0.6) is 23.0 Å². The molecule has 1 rings (SSSR count). The molecule has 1 aromatic carbocycles. The summed E-state index contributed by atoms with van der Waals surface area (Å²) in [6, 6.07) is 2.00. The zero-order valence-electron chi connectivity index (χ0n) is 43.3. The molecule has 0 heterocycles. The van der Waals surface area contributed by atoms with Crippen LogP contribution in [-0.2, 0) is 9.53 Å². The normalized spacial score (nSPS) is 11.5. The first-order valence-electron chi connectivity index (χ1n) is 28.1. The first kappa shape index (κ1) is 59.6. The van der Waals surface area contributed by atoms with Crippen LogP contribution in [0, 0.1) is 0 Å². The van der Waals surface area contributed by atoms with Gasteiger partial charge in [-0.05, 0) is 37.8 Å². The molecule has 0 spiro atoms. The van der Waals surface area contributed by atoms with Gasteiger partial charge in [0, 0.05) is 11.6 Å². The molecule has 0 aromatic heterocycles. The Labute approximate surface area is 397 Å². The average Bonchev–Trinajstić information content (AvgIpc) is 3.30. The molecule has 64 heavy (non-hydrogen) atoms. The number of methoxy groups -OCH3 is 1. The van der Waals surface area contributed by atoms with Crippen LogP contribution in [0.2, 0.25) is 0 Å². The van der Waals surface area contributed by atoms with E-state index >= 15 is 0 Å². The molecule has 0 saturated heterocycles. The summed E-state index contributed by atoms with van der Waals surface area (Å²) in [5.41, 5.74) is 0.764. The Morgan fingerprint density at radius 2 is 0.625 bits per heavy atom. The van der Waals surface area contributed by atoms with Crippen molar-refractivity contribution in [1.29, 1.82) is 0 Å². The molecule has 0 saturated carbocycles. The third-order valence-electron chi connectivity index (χ3n) is 12.8. The molecule has 0 atom stereocenters. The lowest BCUT2D eigenvalue weighted by molar-refractivity contribution is -0.134. The van der Waals surface area contributed by atoms with Crippen molar-refractivity contribution in [3.8, 4) is 23.0 Å². The zero-order valence-corrected chi connectivity index (χ0v) is 43.3. The standard InChI is InChI=1S/C58H106O6/c1-6-10-14-18-22-26-30-34-38-42-48-61-54-52-53(46-47-55(59)60-5)56(62-49-43-39-35-31-27-23-19-15-11-7-2)58(64-51-45-41-37-33-29-25-21-17-13-9-4)57(54)63-50-44-40-36-32-28-24-20-16-12-8-3/h46-47,52H,6-45,48-51H2,1-5H3. The van der Waals surface area contributed by atoms with Crippen LogP contribution in [0.3, 0.4) is 0 Å². The highest BCUT2D eigenvalue weighted by Gasteiger charge is 2.23. The molecule has 374 valence electrons. The molecule has 0 bridgehead atoms. The second-order valence-electron chi connectivity index (χ2n) is 18.9. The van der Waals surface area contributed by atoms with Crippen LogP contribution < -0.4 is 18.9 Å². The van der Waals surface area contributed by atoms with E-state index in [4.69, 9.17) is 23.7 Å². The minimum Gasteiger partial charge on any atom is -0.490 e. The zero-order chi connectivity index (χ0) is 46.2. The van der Waals surface area contributed by atoms with Crippen LogP contribution in [0.1, 0.15) is 290 Å². The van der Waals surface area contributed by atoms with Gasteiger partial charge in [-0.15, -0.1) is 0 Å². The fraction of sp³-hybridized carbons (Fsp3) is 0.845. The first-order valence-corrected chi connectivity index (χ1v) is 28.1. The van der Waals surface area contributed by atoms with Gasteiger partial charge in [0.2, 0.25) is 11.5 Å². The van der Waals surface area contributed by atoms with E-state index in [1.165, 1.54) is 219 Å². The smallest absolute Gasteiger partial charge is 0.330 e. The van der Waals surface area contributed by atoms with Crippen LogP contribution >= 0.6 is 0 Å². The maximum atomic E-state index is 12.5. The van der Waals surface area contributed by atoms with Gasteiger partial charge in [-0.1, -0.05) is 259 Å². The second kappa shape index (κ2) is 47.1. The second-order valence-corrected chi connectivity index (χ2v) is 18.9. The molecule has 0 unspecified atom stereocenters. The van der Waals surface area contributed by atoms with Crippen molar-refractivity contribution >= 4 is 12.0 Å². The van der Waals surface area contributed by atoms with Gasteiger partial charge in [0.15, 0.2) is 11.5 Å². The number of rotatable bonds is 50. The summed E-state index contributed by atoms with van der Waals surface area (Å²) in [7, 11) is 1.42. The van der Waals surface area contributed by atoms with Crippen LogP contribution in [-0.4, -0.2) is 39.5 Å². The number of benzene rings is 1. The third-order valence-corrected chi connectivity index (χ3v) is 12.8. The van der Waals surface area contributed by atoms with Crippen molar-refractivity contribution in [2.45, 2.75) is 285 Å². The lowest BCUT2D eigenvalue weighted by Crippen LogP contribution is -2.10. The van der Waals surface area contributed by atoms with E-state index in [0.717, 1.165) is 56.9 Å². The van der Waals surface area contributed by atoms with Crippen molar-refractivity contribution in [1.82, 2.24) is 0 Å². The number of ether oxygens (including phenoxy) is 5. The van der Waals surface area contributed by atoms with E-state index in [-0.39, 0.29) is 0 Å². The van der Waals surface area contributed by atoms with Gasteiger partial charge in [-0.25, -0.2) is 4.79 Å². The lowest BCUT2D eigenvalue weighted by Gasteiger charge is -2.22. The Morgan fingerprint density at radius 3 is 0.938 bits per heavy atom. The number of hydrogen-bond donors (Lipinski definition) is 0. The Kier molecular flexibility index (Phi) is 43.9. The summed E-state index contributed by atoms with van der Waals surface area (Å²) in [4.78, 5) is 12.5. The number of hydrogen-bond acceptors (Lipinski definition) is 6. The molecule has 0 N–H and O–H groups in total. The lowest BCUT2D eigenvalue weighted by atomic mass is 10.1. The van der Waals surface area contributed by atoms with Crippen LogP contribution in [0.4, 0.5) is 0 Å². The van der Waals surface area contributed by atoms with E-state index in [0.29, 0.717) is 49.4 Å². The van der Waals surface area contributed by atoms with Crippen molar-refractivity contribution in [3.05, 3.63) is 17.7 Å². The Morgan fingerprint density at radius 1 is 0.359 bits per heavy atom. The van der Waals surface area contributed by atoms with E-state index in [1.54, 1.807) is 6.08 Å². The first-order chi connectivity index (χ1) is 31.6. The number of carbonyl (C=O) groups excluding carboxylic acids is 1.